The third-order valence-electron chi connectivity index (χ3n) is 2.77. The van der Waals surface area contributed by atoms with E-state index in [1.807, 2.05) is 27.7 Å². The van der Waals surface area contributed by atoms with Gasteiger partial charge in [0, 0.05) is 6.54 Å². The summed E-state index contributed by atoms with van der Waals surface area (Å²) in [6, 6.07) is -0.271. The summed E-state index contributed by atoms with van der Waals surface area (Å²) in [5, 5.41) is 7.87. The monoisotopic (exact) mass is 257 g/mol. The molecule has 96 valence electrons. The van der Waals surface area contributed by atoms with Gasteiger partial charge in [0.15, 0.2) is 0 Å². The molecular weight excluding hydrogens is 238 g/mol. The molecule has 1 aromatic heterocycles. The highest BCUT2D eigenvalue weighted by atomic mass is 35.5. The second-order valence-corrected chi connectivity index (χ2v) is 4.52. The van der Waals surface area contributed by atoms with Gasteiger partial charge in [0.25, 0.3) is 0 Å². The van der Waals surface area contributed by atoms with Crippen molar-refractivity contribution in [1.29, 1.82) is 0 Å². The van der Waals surface area contributed by atoms with Crippen LogP contribution in [0.15, 0.2) is 0 Å². The smallest absolute Gasteiger partial charge is 0.244 e. The van der Waals surface area contributed by atoms with E-state index in [4.69, 9.17) is 11.6 Å². The Labute approximate surface area is 107 Å². The van der Waals surface area contributed by atoms with E-state index in [1.54, 1.807) is 4.68 Å². The van der Waals surface area contributed by atoms with Crippen molar-refractivity contribution in [3.63, 3.8) is 0 Å². The summed E-state index contributed by atoms with van der Waals surface area (Å²) in [5.74, 6) is 0.0108. The molecule has 1 rings (SSSR count). The van der Waals surface area contributed by atoms with Gasteiger partial charge in [0.1, 0.15) is 6.04 Å². The van der Waals surface area contributed by atoms with Crippen molar-refractivity contribution in [2.45, 2.75) is 46.6 Å². The highest BCUT2D eigenvalue weighted by Crippen LogP contribution is 2.23. The van der Waals surface area contributed by atoms with Crippen molar-refractivity contribution >= 4 is 17.5 Å². The van der Waals surface area contributed by atoms with Gasteiger partial charge in [-0.1, -0.05) is 25.4 Å². The Bertz CT molecular complexity index is 401. The normalized spacial score (nSPS) is 12.5. The molecule has 17 heavy (non-hydrogen) atoms. The molecule has 0 aliphatic rings. The average molecular weight is 258 g/mol. The lowest BCUT2D eigenvalue weighted by Crippen LogP contribution is -2.33. The average Bonchev–Trinajstić information content (AvgIpc) is 2.56. The number of carbonyl (C=O) groups excluding carboxylic acids is 1. The lowest BCUT2D eigenvalue weighted by molar-refractivity contribution is -0.124. The number of aryl methyl sites for hydroxylation is 1. The van der Waals surface area contributed by atoms with Gasteiger partial charge in [0.2, 0.25) is 5.91 Å². The third-order valence-corrected chi connectivity index (χ3v) is 3.32. The van der Waals surface area contributed by atoms with Crippen LogP contribution in [-0.2, 0) is 4.79 Å². The highest BCUT2D eigenvalue weighted by molar-refractivity contribution is 6.31. The van der Waals surface area contributed by atoms with Crippen LogP contribution in [0.3, 0.4) is 0 Å². The van der Waals surface area contributed by atoms with E-state index in [-0.39, 0.29) is 11.9 Å². The van der Waals surface area contributed by atoms with E-state index in [9.17, 15) is 4.79 Å². The van der Waals surface area contributed by atoms with E-state index in [1.165, 1.54) is 0 Å². The lowest BCUT2D eigenvalue weighted by atomic mass is 10.2. The van der Waals surface area contributed by atoms with Crippen LogP contribution in [0.2, 0.25) is 5.02 Å². The van der Waals surface area contributed by atoms with Gasteiger partial charge < -0.3 is 5.32 Å². The fourth-order valence-electron chi connectivity index (χ4n) is 1.78. The molecular formula is C12H20ClN3O. The largest absolute Gasteiger partial charge is 0.354 e. The minimum atomic E-state index is -0.271. The Morgan fingerprint density at radius 3 is 2.53 bits per heavy atom. The van der Waals surface area contributed by atoms with Crippen molar-refractivity contribution < 1.29 is 4.79 Å². The standard InChI is InChI=1S/C12H20ClN3O/c1-5-7-14-12(17)10(6-2)16-9(4)11(13)8(3)15-16/h10H,5-7H2,1-4H3,(H,14,17). The minimum Gasteiger partial charge on any atom is -0.354 e. The molecule has 0 fully saturated rings. The van der Waals surface area contributed by atoms with E-state index >= 15 is 0 Å². The number of aromatic nitrogens is 2. The first-order chi connectivity index (χ1) is 8.02. The number of halogens is 1. The van der Waals surface area contributed by atoms with E-state index in [0.29, 0.717) is 18.0 Å². The predicted molar refractivity (Wildman–Crippen MR) is 69.3 cm³/mol. The van der Waals surface area contributed by atoms with Crippen LogP contribution in [0.4, 0.5) is 0 Å². The van der Waals surface area contributed by atoms with E-state index < -0.39 is 0 Å². The number of nitrogens with one attached hydrogen (secondary N) is 1. The summed E-state index contributed by atoms with van der Waals surface area (Å²) in [6.45, 7) is 8.44. The quantitative estimate of drug-likeness (QED) is 0.882. The zero-order valence-corrected chi connectivity index (χ0v) is 11.6. The fraction of sp³-hybridized carbons (Fsp3) is 0.667. The highest BCUT2D eigenvalue weighted by Gasteiger charge is 2.22. The topological polar surface area (TPSA) is 46.9 Å². The van der Waals surface area contributed by atoms with Crippen LogP contribution >= 0.6 is 11.6 Å². The summed E-state index contributed by atoms with van der Waals surface area (Å²) in [4.78, 5) is 12.0. The first-order valence-corrected chi connectivity index (χ1v) is 6.39. The Balaban J connectivity index is 2.93. The van der Waals surface area contributed by atoms with Gasteiger partial charge in [-0.15, -0.1) is 0 Å². The molecule has 5 heteroatoms. The van der Waals surface area contributed by atoms with Crippen LogP contribution < -0.4 is 5.32 Å². The van der Waals surface area contributed by atoms with Crippen LogP contribution in [0.1, 0.15) is 44.1 Å². The summed E-state index contributed by atoms with van der Waals surface area (Å²) in [7, 11) is 0. The number of hydrogen-bond donors (Lipinski definition) is 1. The van der Waals surface area contributed by atoms with Gasteiger partial charge in [0.05, 0.1) is 16.4 Å². The van der Waals surface area contributed by atoms with Gasteiger partial charge in [-0.3, -0.25) is 9.48 Å². The zero-order valence-electron chi connectivity index (χ0n) is 10.9. The molecule has 1 atom stereocenters. The number of nitrogens with zero attached hydrogens (tertiary/aromatic N) is 2. The molecule has 1 aromatic rings. The van der Waals surface area contributed by atoms with Gasteiger partial charge in [-0.05, 0) is 26.7 Å². The molecule has 0 aromatic carbocycles. The molecule has 0 bridgehead atoms. The Hall–Kier alpha value is -1.03. The van der Waals surface area contributed by atoms with E-state index in [0.717, 1.165) is 17.8 Å². The van der Waals surface area contributed by atoms with Crippen LogP contribution in [0.5, 0.6) is 0 Å². The number of amides is 1. The molecule has 0 saturated heterocycles. The molecule has 1 heterocycles. The first kappa shape index (κ1) is 14.0. The maximum Gasteiger partial charge on any atom is 0.244 e. The zero-order chi connectivity index (χ0) is 13.0. The van der Waals surface area contributed by atoms with Crippen molar-refractivity contribution in [2.75, 3.05) is 6.54 Å². The van der Waals surface area contributed by atoms with Crippen molar-refractivity contribution in [1.82, 2.24) is 15.1 Å². The van der Waals surface area contributed by atoms with Crippen molar-refractivity contribution in [3.8, 4) is 0 Å². The van der Waals surface area contributed by atoms with Crippen molar-refractivity contribution in [2.24, 2.45) is 0 Å². The second-order valence-electron chi connectivity index (χ2n) is 4.14. The summed E-state index contributed by atoms with van der Waals surface area (Å²) in [6.07, 6.45) is 1.63. The molecule has 0 saturated carbocycles. The van der Waals surface area contributed by atoms with Crippen LogP contribution in [-0.4, -0.2) is 22.2 Å². The Morgan fingerprint density at radius 2 is 2.12 bits per heavy atom. The predicted octanol–water partition coefficient (Wildman–Crippen LogP) is 2.63. The lowest BCUT2D eigenvalue weighted by Gasteiger charge is -2.17. The number of rotatable bonds is 5. The molecule has 0 aliphatic heterocycles. The molecule has 4 nitrogen and oxygen atoms in total. The SMILES string of the molecule is CCCNC(=O)C(CC)n1nc(C)c(Cl)c1C. The fourth-order valence-corrected chi connectivity index (χ4v) is 1.91. The summed E-state index contributed by atoms with van der Waals surface area (Å²) in [5.41, 5.74) is 1.62. The number of carbonyl (C=O) groups is 1. The second kappa shape index (κ2) is 6.05. The molecule has 0 spiro atoms. The summed E-state index contributed by atoms with van der Waals surface area (Å²) >= 11 is 6.09. The van der Waals surface area contributed by atoms with Crippen LogP contribution in [0, 0.1) is 13.8 Å². The Kier molecular flexibility index (Phi) is 5.00. The minimum absolute atomic E-state index is 0.0108. The molecule has 1 unspecified atom stereocenters. The Morgan fingerprint density at radius 1 is 1.47 bits per heavy atom. The van der Waals surface area contributed by atoms with Gasteiger partial charge >= 0.3 is 0 Å². The van der Waals surface area contributed by atoms with E-state index in [2.05, 4.69) is 10.4 Å². The number of hydrogen-bond acceptors (Lipinski definition) is 2. The maximum absolute atomic E-state index is 12.0. The molecule has 1 N–H and O–H groups in total. The molecule has 0 radical (unpaired) electrons. The summed E-state index contributed by atoms with van der Waals surface area (Å²) < 4.78 is 1.72. The van der Waals surface area contributed by atoms with Crippen molar-refractivity contribution in [3.05, 3.63) is 16.4 Å². The van der Waals surface area contributed by atoms with Gasteiger partial charge in [-0.2, -0.15) is 5.10 Å². The van der Waals surface area contributed by atoms with Gasteiger partial charge in [-0.25, -0.2) is 0 Å². The molecule has 1 amide bonds. The first-order valence-electron chi connectivity index (χ1n) is 6.01. The molecule has 0 aliphatic carbocycles. The van der Waals surface area contributed by atoms with Crippen LogP contribution in [0.25, 0.3) is 0 Å². The maximum atomic E-state index is 12.0. The third kappa shape index (κ3) is 3.00.